The normalized spacial score (nSPS) is 13.3. The van der Waals surface area contributed by atoms with Crippen molar-refractivity contribution in [1.29, 1.82) is 0 Å². The van der Waals surface area contributed by atoms with Crippen LogP contribution in [0.2, 0.25) is 0 Å². The summed E-state index contributed by atoms with van der Waals surface area (Å²) in [4.78, 5) is 37.4. The fourth-order valence-corrected chi connectivity index (χ4v) is 4.66. The van der Waals surface area contributed by atoms with E-state index in [0.29, 0.717) is 25.7 Å². The van der Waals surface area contributed by atoms with E-state index in [0.717, 1.165) is 77.0 Å². The van der Waals surface area contributed by atoms with Crippen molar-refractivity contribution in [3.05, 3.63) is 122 Å². The summed E-state index contributed by atoms with van der Waals surface area (Å²) in [5.74, 6) is -1.06. The standard InChI is InChI=1S/C47H70O6/c1-4-7-10-13-16-19-20-21-22-23-24-25-26-29-31-34-37-40-46(49)52-43-44(53-47(50)41-38-35-32-28-18-15-12-9-6-3)42-51-45(48)39-36-33-30-27-17-14-11-8-5-2/h7-13,16-28,44H,4-6,14-15,29-43H2,1-3H3/b10-7-,11-8-,12-9-,16-13-,20-19-,22-21-,24-23+,26-25-,27-17-,28-18-. The van der Waals surface area contributed by atoms with Crippen LogP contribution in [0.3, 0.4) is 0 Å². The highest BCUT2D eigenvalue weighted by Gasteiger charge is 2.19. The second-order valence-electron chi connectivity index (χ2n) is 12.5. The van der Waals surface area contributed by atoms with E-state index >= 15 is 0 Å². The van der Waals surface area contributed by atoms with Gasteiger partial charge in [0, 0.05) is 19.3 Å². The molecule has 0 aliphatic heterocycles. The molecule has 0 aromatic rings. The number of carbonyl (C=O) groups is 3. The van der Waals surface area contributed by atoms with Crippen molar-refractivity contribution in [2.45, 2.75) is 142 Å². The zero-order valence-electron chi connectivity index (χ0n) is 33.2. The zero-order chi connectivity index (χ0) is 38.7. The van der Waals surface area contributed by atoms with Crippen LogP contribution < -0.4 is 0 Å². The fourth-order valence-electron chi connectivity index (χ4n) is 4.66. The molecule has 294 valence electrons. The van der Waals surface area contributed by atoms with Gasteiger partial charge in [0.2, 0.25) is 0 Å². The van der Waals surface area contributed by atoms with Gasteiger partial charge in [-0.3, -0.25) is 14.4 Å². The molecular formula is C47H70O6. The molecule has 0 aliphatic rings. The van der Waals surface area contributed by atoms with Crippen LogP contribution in [0.5, 0.6) is 0 Å². The lowest BCUT2D eigenvalue weighted by atomic mass is 10.1. The molecule has 0 fully saturated rings. The Balaban J connectivity index is 4.53. The topological polar surface area (TPSA) is 78.9 Å². The summed E-state index contributed by atoms with van der Waals surface area (Å²) >= 11 is 0. The lowest BCUT2D eigenvalue weighted by Crippen LogP contribution is -2.30. The molecule has 0 heterocycles. The first kappa shape index (κ1) is 48.8. The Labute approximate surface area is 322 Å². The highest BCUT2D eigenvalue weighted by atomic mass is 16.6. The van der Waals surface area contributed by atoms with Crippen molar-refractivity contribution in [3.63, 3.8) is 0 Å². The van der Waals surface area contributed by atoms with Gasteiger partial charge in [-0.25, -0.2) is 0 Å². The van der Waals surface area contributed by atoms with E-state index in [4.69, 9.17) is 14.2 Å². The van der Waals surface area contributed by atoms with Gasteiger partial charge in [0.15, 0.2) is 6.10 Å². The maximum atomic E-state index is 12.6. The quantitative estimate of drug-likeness (QED) is 0.0220. The van der Waals surface area contributed by atoms with Crippen LogP contribution in [0.4, 0.5) is 0 Å². The van der Waals surface area contributed by atoms with Gasteiger partial charge in [-0.2, -0.15) is 0 Å². The maximum Gasteiger partial charge on any atom is 0.306 e. The Hall–Kier alpha value is -4.19. The number of allylic oxidation sites excluding steroid dienone is 20. The predicted octanol–water partition coefficient (Wildman–Crippen LogP) is 12.6. The van der Waals surface area contributed by atoms with Gasteiger partial charge in [-0.05, 0) is 89.9 Å². The van der Waals surface area contributed by atoms with Crippen LogP contribution in [0.25, 0.3) is 0 Å². The molecule has 0 radical (unpaired) electrons. The van der Waals surface area contributed by atoms with Crippen LogP contribution in [-0.2, 0) is 28.6 Å². The Bertz CT molecular complexity index is 1210. The minimum atomic E-state index is -0.825. The van der Waals surface area contributed by atoms with Gasteiger partial charge < -0.3 is 14.2 Å². The van der Waals surface area contributed by atoms with Crippen molar-refractivity contribution < 1.29 is 28.6 Å². The Morgan fingerprint density at radius 1 is 0.396 bits per heavy atom. The van der Waals surface area contributed by atoms with Crippen molar-refractivity contribution in [3.8, 4) is 0 Å². The third kappa shape index (κ3) is 38.9. The van der Waals surface area contributed by atoms with E-state index in [1.54, 1.807) is 0 Å². The highest BCUT2D eigenvalue weighted by Crippen LogP contribution is 2.10. The van der Waals surface area contributed by atoms with Crippen LogP contribution in [-0.4, -0.2) is 37.2 Å². The molecule has 0 bridgehead atoms. The number of hydrogen-bond donors (Lipinski definition) is 0. The molecule has 0 spiro atoms. The van der Waals surface area contributed by atoms with E-state index in [1.165, 1.54) is 0 Å². The van der Waals surface area contributed by atoms with Crippen LogP contribution in [0.15, 0.2) is 122 Å². The van der Waals surface area contributed by atoms with E-state index < -0.39 is 6.10 Å². The van der Waals surface area contributed by atoms with Crippen molar-refractivity contribution in [2.24, 2.45) is 0 Å². The first-order valence-corrected chi connectivity index (χ1v) is 20.1. The first-order chi connectivity index (χ1) is 26.0. The summed E-state index contributed by atoms with van der Waals surface area (Å²) in [6.07, 6.45) is 54.9. The molecule has 53 heavy (non-hydrogen) atoms. The Kier molecular flexibility index (Phi) is 37.4. The van der Waals surface area contributed by atoms with Gasteiger partial charge in [0.1, 0.15) is 13.2 Å². The summed E-state index contributed by atoms with van der Waals surface area (Å²) in [6.45, 7) is 6.08. The molecule has 6 nitrogen and oxygen atoms in total. The average Bonchev–Trinajstić information content (AvgIpc) is 3.15. The molecule has 0 amide bonds. The Morgan fingerprint density at radius 2 is 0.774 bits per heavy atom. The molecule has 6 heteroatoms. The summed E-state index contributed by atoms with van der Waals surface area (Å²) in [5.41, 5.74) is 0. The van der Waals surface area contributed by atoms with E-state index in [1.807, 2.05) is 60.8 Å². The van der Waals surface area contributed by atoms with Gasteiger partial charge in [0.25, 0.3) is 0 Å². The summed E-state index contributed by atoms with van der Waals surface area (Å²) in [5, 5.41) is 0. The van der Waals surface area contributed by atoms with Crippen molar-refractivity contribution in [1.82, 2.24) is 0 Å². The first-order valence-electron chi connectivity index (χ1n) is 20.1. The molecule has 0 saturated carbocycles. The zero-order valence-corrected chi connectivity index (χ0v) is 33.2. The van der Waals surface area contributed by atoms with Crippen molar-refractivity contribution >= 4 is 17.9 Å². The predicted molar refractivity (Wildman–Crippen MR) is 223 cm³/mol. The molecule has 1 unspecified atom stereocenters. The Morgan fingerprint density at radius 3 is 1.26 bits per heavy atom. The third-order valence-corrected chi connectivity index (χ3v) is 7.60. The second kappa shape index (κ2) is 40.6. The molecule has 1 atom stereocenters. The second-order valence-corrected chi connectivity index (χ2v) is 12.5. The molecule has 0 rings (SSSR count). The van der Waals surface area contributed by atoms with Gasteiger partial charge in [-0.15, -0.1) is 0 Å². The lowest BCUT2D eigenvalue weighted by Gasteiger charge is -2.18. The number of rotatable bonds is 33. The van der Waals surface area contributed by atoms with E-state index in [9.17, 15) is 14.4 Å². The third-order valence-electron chi connectivity index (χ3n) is 7.60. The monoisotopic (exact) mass is 731 g/mol. The smallest absolute Gasteiger partial charge is 0.306 e. The molecule has 0 aromatic heterocycles. The number of esters is 3. The van der Waals surface area contributed by atoms with Gasteiger partial charge >= 0.3 is 17.9 Å². The number of carbonyl (C=O) groups excluding carboxylic acids is 3. The summed E-state index contributed by atoms with van der Waals surface area (Å²) in [6, 6.07) is 0. The average molecular weight is 731 g/mol. The summed E-state index contributed by atoms with van der Waals surface area (Å²) < 4.78 is 16.5. The van der Waals surface area contributed by atoms with Crippen LogP contribution in [0, 0.1) is 0 Å². The highest BCUT2D eigenvalue weighted by molar-refractivity contribution is 5.71. The van der Waals surface area contributed by atoms with E-state index in [-0.39, 0.29) is 44.0 Å². The minimum absolute atomic E-state index is 0.128. The molecular weight excluding hydrogens is 661 g/mol. The molecule has 0 saturated heterocycles. The molecule has 0 aliphatic carbocycles. The lowest BCUT2D eigenvalue weighted by molar-refractivity contribution is -0.167. The SMILES string of the molecule is CC\C=C/C=C\C=C/C=C\C=C\C=C/CCCCCC(=O)OCC(COC(=O)CCCC/C=C\C/C=C\CC)OC(=O)CCCC/C=C\C/C=C\CC. The van der Waals surface area contributed by atoms with Crippen LogP contribution in [0.1, 0.15) is 136 Å². The van der Waals surface area contributed by atoms with Gasteiger partial charge in [0.05, 0.1) is 0 Å². The number of ether oxygens (including phenoxy) is 3. The van der Waals surface area contributed by atoms with E-state index in [2.05, 4.69) is 81.5 Å². The minimum Gasteiger partial charge on any atom is -0.462 e. The molecule has 0 aromatic carbocycles. The van der Waals surface area contributed by atoms with Gasteiger partial charge in [-0.1, -0.05) is 149 Å². The largest absolute Gasteiger partial charge is 0.462 e. The summed E-state index contributed by atoms with van der Waals surface area (Å²) in [7, 11) is 0. The van der Waals surface area contributed by atoms with Crippen molar-refractivity contribution in [2.75, 3.05) is 13.2 Å². The number of unbranched alkanes of at least 4 members (excludes halogenated alkanes) is 7. The molecule has 0 N–H and O–H groups in total. The van der Waals surface area contributed by atoms with Crippen LogP contribution >= 0.6 is 0 Å². The number of hydrogen-bond acceptors (Lipinski definition) is 6. The fraction of sp³-hybridized carbons (Fsp3) is 0.511. The maximum absolute atomic E-state index is 12.6.